The highest BCUT2D eigenvalue weighted by Crippen LogP contribution is 2.34. The fourth-order valence-corrected chi connectivity index (χ4v) is 4.37. The van der Waals surface area contributed by atoms with Crippen LogP contribution in [-0.2, 0) is 25.8 Å². The SMILES string of the molecule is COc1ccc(Cn2nnnc2[C@@H](c2ccc(C(F)(F)F)cc2)N(Cc2cccnc2)Cc2ccco2)cc1. The molecule has 0 aliphatic carbocycles. The Morgan fingerprint density at radius 2 is 1.74 bits per heavy atom. The molecular formula is C28H25F3N6O2. The summed E-state index contributed by atoms with van der Waals surface area (Å²) in [4.78, 5) is 6.28. The van der Waals surface area contributed by atoms with E-state index in [4.69, 9.17) is 9.15 Å². The summed E-state index contributed by atoms with van der Waals surface area (Å²) < 4.78 is 52.7. The first-order valence-electron chi connectivity index (χ1n) is 12.1. The van der Waals surface area contributed by atoms with Crippen LogP contribution in [0.25, 0.3) is 0 Å². The average Bonchev–Trinajstić information content (AvgIpc) is 3.62. The number of pyridine rings is 1. The van der Waals surface area contributed by atoms with Crippen LogP contribution in [0, 0.1) is 0 Å². The number of alkyl halides is 3. The number of hydrogen-bond acceptors (Lipinski definition) is 7. The fourth-order valence-electron chi connectivity index (χ4n) is 4.37. The van der Waals surface area contributed by atoms with Crippen LogP contribution >= 0.6 is 0 Å². The Morgan fingerprint density at radius 1 is 0.949 bits per heavy atom. The lowest BCUT2D eigenvalue weighted by molar-refractivity contribution is -0.137. The van der Waals surface area contributed by atoms with Gasteiger partial charge in [-0.05, 0) is 69.6 Å². The van der Waals surface area contributed by atoms with Crippen molar-refractivity contribution >= 4 is 0 Å². The summed E-state index contributed by atoms with van der Waals surface area (Å²) >= 11 is 0. The van der Waals surface area contributed by atoms with Crippen LogP contribution in [0.1, 0.15) is 39.9 Å². The predicted octanol–water partition coefficient (Wildman–Crippen LogP) is 5.53. The van der Waals surface area contributed by atoms with E-state index in [1.165, 1.54) is 12.1 Å². The Kier molecular flexibility index (Phi) is 7.69. The molecule has 39 heavy (non-hydrogen) atoms. The van der Waals surface area contributed by atoms with Crippen molar-refractivity contribution in [1.29, 1.82) is 0 Å². The van der Waals surface area contributed by atoms with Crippen LogP contribution < -0.4 is 4.74 Å². The van der Waals surface area contributed by atoms with Gasteiger partial charge in [-0.25, -0.2) is 4.68 Å². The maximum Gasteiger partial charge on any atom is 0.416 e. The number of methoxy groups -OCH3 is 1. The number of rotatable bonds is 10. The lowest BCUT2D eigenvalue weighted by atomic mass is 10.0. The topological polar surface area (TPSA) is 82.1 Å². The molecule has 0 unspecified atom stereocenters. The largest absolute Gasteiger partial charge is 0.497 e. The van der Waals surface area contributed by atoms with Crippen molar-refractivity contribution in [3.8, 4) is 5.75 Å². The minimum atomic E-state index is -4.45. The Balaban J connectivity index is 1.57. The van der Waals surface area contributed by atoms with E-state index in [9.17, 15) is 13.2 Å². The minimum Gasteiger partial charge on any atom is -0.497 e. The third-order valence-electron chi connectivity index (χ3n) is 6.26. The first kappa shape index (κ1) is 26.1. The van der Waals surface area contributed by atoms with Gasteiger partial charge in [0.1, 0.15) is 11.5 Å². The number of aromatic nitrogens is 5. The molecule has 0 saturated carbocycles. The number of benzene rings is 2. The van der Waals surface area contributed by atoms with Crippen molar-refractivity contribution in [2.45, 2.75) is 31.9 Å². The van der Waals surface area contributed by atoms with E-state index < -0.39 is 17.8 Å². The first-order valence-corrected chi connectivity index (χ1v) is 12.1. The zero-order valence-electron chi connectivity index (χ0n) is 21.0. The van der Waals surface area contributed by atoms with E-state index in [1.807, 2.05) is 42.5 Å². The van der Waals surface area contributed by atoms with Crippen LogP contribution in [-0.4, -0.2) is 37.2 Å². The van der Waals surface area contributed by atoms with Gasteiger partial charge in [0.2, 0.25) is 0 Å². The van der Waals surface area contributed by atoms with Gasteiger partial charge in [-0.15, -0.1) is 5.10 Å². The average molecular weight is 535 g/mol. The summed E-state index contributed by atoms with van der Waals surface area (Å²) in [6.07, 6.45) is 0.564. The number of hydrogen-bond donors (Lipinski definition) is 0. The molecule has 1 atom stereocenters. The van der Waals surface area contributed by atoms with Crippen molar-refractivity contribution in [2.24, 2.45) is 0 Å². The van der Waals surface area contributed by atoms with Crippen molar-refractivity contribution in [3.05, 3.63) is 125 Å². The second kappa shape index (κ2) is 11.5. The normalized spacial score (nSPS) is 12.5. The number of ether oxygens (including phenoxy) is 1. The summed E-state index contributed by atoms with van der Waals surface area (Å²) in [5.74, 6) is 1.88. The molecule has 200 valence electrons. The Hall–Kier alpha value is -4.51. The van der Waals surface area contributed by atoms with Gasteiger partial charge in [0.15, 0.2) is 5.82 Å². The Labute approximate surface area is 222 Å². The van der Waals surface area contributed by atoms with E-state index in [0.717, 1.165) is 29.0 Å². The molecule has 8 nitrogen and oxygen atoms in total. The molecule has 11 heteroatoms. The Bertz CT molecular complexity index is 1450. The second-order valence-electron chi connectivity index (χ2n) is 8.91. The third kappa shape index (κ3) is 6.32. The lowest BCUT2D eigenvalue weighted by Gasteiger charge is -2.31. The number of tetrazole rings is 1. The molecule has 5 rings (SSSR count). The highest BCUT2D eigenvalue weighted by atomic mass is 19.4. The molecule has 2 aromatic carbocycles. The number of halogens is 3. The van der Waals surface area contributed by atoms with E-state index in [0.29, 0.717) is 36.8 Å². The van der Waals surface area contributed by atoms with Gasteiger partial charge >= 0.3 is 6.18 Å². The van der Waals surface area contributed by atoms with E-state index in [2.05, 4.69) is 25.4 Å². The molecule has 0 aliphatic heterocycles. The quantitative estimate of drug-likeness (QED) is 0.233. The van der Waals surface area contributed by atoms with Crippen molar-refractivity contribution in [1.82, 2.24) is 30.1 Å². The van der Waals surface area contributed by atoms with Gasteiger partial charge in [-0.2, -0.15) is 13.2 Å². The van der Waals surface area contributed by atoms with Gasteiger partial charge in [0.25, 0.3) is 0 Å². The maximum absolute atomic E-state index is 13.4. The number of furan rings is 1. The van der Waals surface area contributed by atoms with Gasteiger partial charge < -0.3 is 9.15 Å². The molecule has 3 aromatic heterocycles. The molecular weight excluding hydrogens is 509 g/mol. The monoisotopic (exact) mass is 534 g/mol. The van der Waals surface area contributed by atoms with Crippen LogP contribution in [0.4, 0.5) is 13.2 Å². The standard InChI is InChI=1S/C28H25F3N6O2/c1-38-24-12-6-20(7-13-24)18-37-27(33-34-35-37)26(22-8-10-23(11-9-22)28(29,30)31)36(19-25-5-3-15-39-25)17-21-4-2-14-32-16-21/h2-16,26H,17-19H2,1H3/t26-/m1/s1. The summed E-state index contributed by atoms with van der Waals surface area (Å²) in [5, 5.41) is 12.5. The van der Waals surface area contributed by atoms with Crippen LogP contribution in [0.15, 0.2) is 95.9 Å². The summed E-state index contributed by atoms with van der Waals surface area (Å²) in [6.45, 7) is 1.11. The Morgan fingerprint density at radius 3 is 2.38 bits per heavy atom. The zero-order valence-corrected chi connectivity index (χ0v) is 21.0. The van der Waals surface area contributed by atoms with Gasteiger partial charge in [-0.1, -0.05) is 30.3 Å². The second-order valence-corrected chi connectivity index (χ2v) is 8.91. The third-order valence-corrected chi connectivity index (χ3v) is 6.26. The van der Waals surface area contributed by atoms with Gasteiger partial charge in [0, 0.05) is 18.9 Å². The smallest absolute Gasteiger partial charge is 0.416 e. The molecule has 0 N–H and O–H groups in total. The van der Waals surface area contributed by atoms with E-state index in [1.54, 1.807) is 36.5 Å². The molecule has 3 heterocycles. The van der Waals surface area contributed by atoms with E-state index in [-0.39, 0.29) is 0 Å². The summed E-state index contributed by atoms with van der Waals surface area (Å²) in [7, 11) is 1.60. The molecule has 0 amide bonds. The van der Waals surface area contributed by atoms with Crippen LogP contribution in [0.2, 0.25) is 0 Å². The first-order chi connectivity index (χ1) is 18.9. The van der Waals surface area contributed by atoms with Crippen LogP contribution in [0.3, 0.4) is 0 Å². The van der Waals surface area contributed by atoms with Gasteiger partial charge in [-0.3, -0.25) is 9.88 Å². The molecule has 0 spiro atoms. The zero-order chi connectivity index (χ0) is 27.2. The lowest BCUT2D eigenvalue weighted by Crippen LogP contribution is -2.31. The molecule has 0 aliphatic rings. The van der Waals surface area contributed by atoms with Crippen molar-refractivity contribution in [2.75, 3.05) is 7.11 Å². The molecule has 0 saturated heterocycles. The van der Waals surface area contributed by atoms with Crippen molar-refractivity contribution in [3.63, 3.8) is 0 Å². The fraction of sp³-hybridized carbons (Fsp3) is 0.214. The molecule has 0 fully saturated rings. The predicted molar refractivity (Wildman–Crippen MR) is 135 cm³/mol. The maximum atomic E-state index is 13.4. The number of nitrogens with zero attached hydrogens (tertiary/aromatic N) is 6. The highest BCUT2D eigenvalue weighted by Gasteiger charge is 2.33. The molecule has 0 radical (unpaired) electrons. The van der Waals surface area contributed by atoms with Gasteiger partial charge in [0.05, 0.1) is 38.1 Å². The van der Waals surface area contributed by atoms with E-state index >= 15 is 0 Å². The summed E-state index contributed by atoms with van der Waals surface area (Å²) in [6, 6.07) is 19.4. The highest BCUT2D eigenvalue weighted by molar-refractivity contribution is 5.31. The minimum absolute atomic E-state index is 0.350. The van der Waals surface area contributed by atoms with Crippen molar-refractivity contribution < 1.29 is 22.3 Å². The summed E-state index contributed by atoms with van der Waals surface area (Å²) in [5.41, 5.74) is 1.72. The molecule has 0 bridgehead atoms. The van der Waals surface area contributed by atoms with Crippen LogP contribution in [0.5, 0.6) is 5.75 Å². The molecule has 5 aromatic rings.